The van der Waals surface area contributed by atoms with Crippen molar-refractivity contribution in [2.45, 2.75) is 18.7 Å². The number of nitrogens with one attached hydrogen (secondary N) is 1. The maximum absolute atomic E-state index is 13.5. The molecule has 0 aliphatic rings. The van der Waals surface area contributed by atoms with Gasteiger partial charge in [0.1, 0.15) is 6.54 Å². The molecule has 0 unspecified atom stereocenters. The number of benzene rings is 3. The van der Waals surface area contributed by atoms with E-state index in [0.29, 0.717) is 29.4 Å². The first-order valence-electron chi connectivity index (χ1n) is 10.6. The number of hydrogen-bond acceptors (Lipinski definition) is 4. The highest BCUT2D eigenvalue weighted by molar-refractivity contribution is 7.92. The lowest BCUT2D eigenvalue weighted by molar-refractivity contribution is -0.119. The molecule has 0 aliphatic carbocycles. The van der Waals surface area contributed by atoms with E-state index in [0.717, 1.165) is 15.6 Å². The maximum atomic E-state index is 13.5. The topological polar surface area (TPSA) is 69.7 Å². The van der Waals surface area contributed by atoms with E-state index in [-0.39, 0.29) is 11.4 Å². The summed E-state index contributed by atoms with van der Waals surface area (Å²) in [7, 11) is -2.05. The van der Waals surface area contributed by atoms with Crippen LogP contribution in [-0.2, 0) is 14.8 Å². The summed E-state index contributed by atoms with van der Waals surface area (Å²) in [5, 5.41) is 3.26. The van der Waals surface area contributed by atoms with Crippen LogP contribution < -0.4 is 14.5 Å². The number of sulfonamides is 1. The van der Waals surface area contributed by atoms with Crippen molar-refractivity contribution in [1.29, 1.82) is 0 Å². The third-order valence-electron chi connectivity index (χ3n) is 5.37. The second-order valence-electron chi connectivity index (χ2n) is 7.82. The lowest BCUT2D eigenvalue weighted by atomic mass is 10.2. The van der Waals surface area contributed by atoms with Gasteiger partial charge in [-0.25, -0.2) is 8.42 Å². The molecule has 0 spiro atoms. The molecule has 0 aliphatic heterocycles. The fraction of sp³-hybridized carbons (Fsp3) is 0.240. The minimum Gasteiger partial charge on any atom is -0.373 e. The Morgan fingerprint density at radius 1 is 0.939 bits per heavy atom. The van der Waals surface area contributed by atoms with Crippen LogP contribution >= 0.6 is 11.6 Å². The van der Waals surface area contributed by atoms with Gasteiger partial charge < -0.3 is 10.2 Å². The summed E-state index contributed by atoms with van der Waals surface area (Å²) in [5.74, 6) is -0.397. The normalized spacial score (nSPS) is 11.2. The van der Waals surface area contributed by atoms with Gasteiger partial charge in [-0.3, -0.25) is 9.10 Å². The van der Waals surface area contributed by atoms with Crippen molar-refractivity contribution in [3.63, 3.8) is 0 Å². The van der Waals surface area contributed by atoms with E-state index < -0.39 is 15.9 Å². The molecule has 33 heavy (non-hydrogen) atoms. The summed E-state index contributed by atoms with van der Waals surface area (Å²) in [6, 6.07) is 21.4. The highest BCUT2D eigenvalue weighted by atomic mass is 35.5. The van der Waals surface area contributed by atoms with Crippen molar-refractivity contribution < 1.29 is 13.2 Å². The number of para-hydroxylation sites is 1. The molecule has 8 heteroatoms. The molecular weight excluding hydrogens is 458 g/mol. The minimum atomic E-state index is -3.99. The van der Waals surface area contributed by atoms with Crippen molar-refractivity contribution in [3.8, 4) is 0 Å². The molecule has 0 saturated carbocycles. The van der Waals surface area contributed by atoms with Crippen molar-refractivity contribution >= 4 is 38.9 Å². The van der Waals surface area contributed by atoms with Gasteiger partial charge in [0, 0.05) is 30.8 Å². The molecule has 174 valence electrons. The van der Waals surface area contributed by atoms with Crippen molar-refractivity contribution in [2.24, 2.45) is 0 Å². The van der Waals surface area contributed by atoms with Crippen LogP contribution in [0.3, 0.4) is 0 Å². The second kappa shape index (κ2) is 10.7. The van der Waals surface area contributed by atoms with Crippen LogP contribution in [0.5, 0.6) is 0 Å². The third kappa shape index (κ3) is 6.06. The van der Waals surface area contributed by atoms with Gasteiger partial charge in [-0.2, -0.15) is 0 Å². The molecule has 0 atom stereocenters. The van der Waals surface area contributed by atoms with Crippen LogP contribution in [0.25, 0.3) is 0 Å². The second-order valence-corrected chi connectivity index (χ2v) is 10.1. The lowest BCUT2D eigenvalue weighted by Crippen LogP contribution is -2.43. The summed E-state index contributed by atoms with van der Waals surface area (Å²) < 4.78 is 28.1. The average molecular weight is 486 g/mol. The zero-order valence-corrected chi connectivity index (χ0v) is 20.5. The number of halogens is 1. The smallest absolute Gasteiger partial charge is 0.264 e. The van der Waals surface area contributed by atoms with E-state index in [1.54, 1.807) is 49.4 Å². The van der Waals surface area contributed by atoms with Gasteiger partial charge in [-0.1, -0.05) is 53.6 Å². The number of hydrogen-bond donors (Lipinski definition) is 1. The van der Waals surface area contributed by atoms with E-state index in [1.807, 2.05) is 49.2 Å². The third-order valence-corrected chi connectivity index (χ3v) is 7.55. The van der Waals surface area contributed by atoms with E-state index >= 15 is 0 Å². The molecule has 0 saturated heterocycles. The maximum Gasteiger partial charge on any atom is 0.264 e. The number of nitrogens with zero attached hydrogens (tertiary/aromatic N) is 2. The molecular formula is C25H28ClN3O3S. The zero-order chi connectivity index (χ0) is 24.0. The number of amides is 1. The highest BCUT2D eigenvalue weighted by Crippen LogP contribution is 2.30. The Balaban J connectivity index is 1.79. The van der Waals surface area contributed by atoms with Gasteiger partial charge in [-0.05, 0) is 55.8 Å². The molecule has 0 fully saturated rings. The molecule has 0 aromatic heterocycles. The number of anilines is 2. The first-order valence-corrected chi connectivity index (χ1v) is 12.4. The number of likely N-dealkylation sites (N-methyl/N-ethyl adjacent to an activating group) is 1. The average Bonchev–Trinajstić information content (AvgIpc) is 2.80. The summed E-state index contributed by atoms with van der Waals surface area (Å²) in [6.07, 6.45) is 0. The molecule has 3 rings (SSSR count). The Labute approximate surface area is 200 Å². The molecule has 0 radical (unpaired) electrons. The summed E-state index contributed by atoms with van der Waals surface area (Å²) in [6.45, 7) is 4.22. The Hall–Kier alpha value is -3.03. The van der Waals surface area contributed by atoms with Gasteiger partial charge in [0.15, 0.2) is 0 Å². The van der Waals surface area contributed by atoms with Gasteiger partial charge in [0.2, 0.25) is 5.91 Å². The van der Waals surface area contributed by atoms with Crippen LogP contribution in [0.1, 0.15) is 11.1 Å². The first kappa shape index (κ1) is 24.6. The van der Waals surface area contributed by atoms with Crippen LogP contribution in [-0.4, -0.2) is 41.0 Å². The number of rotatable bonds is 9. The summed E-state index contributed by atoms with van der Waals surface area (Å²) in [4.78, 5) is 14.9. The summed E-state index contributed by atoms with van der Waals surface area (Å²) in [5.41, 5.74) is 2.94. The monoisotopic (exact) mass is 485 g/mol. The molecule has 0 heterocycles. The fourth-order valence-electron chi connectivity index (χ4n) is 3.36. The number of carbonyl (C=O) groups excluding carboxylic acids is 1. The zero-order valence-electron chi connectivity index (χ0n) is 19.0. The standard InChI is InChI=1S/C25H28ClN3O3S/c1-19-12-14-22(15-13-19)33(31,32)29(24-11-7-10-23(26)20(24)2)18-25(30)27-16-17-28(3)21-8-5-4-6-9-21/h4-15H,16-18H2,1-3H3,(H,27,30). The van der Waals surface area contributed by atoms with E-state index in [2.05, 4.69) is 5.32 Å². The van der Waals surface area contributed by atoms with Crippen LogP contribution in [0.2, 0.25) is 5.02 Å². The Morgan fingerprint density at radius 3 is 2.27 bits per heavy atom. The fourth-order valence-corrected chi connectivity index (χ4v) is 5.01. The summed E-state index contributed by atoms with van der Waals surface area (Å²) >= 11 is 6.26. The lowest BCUT2D eigenvalue weighted by Gasteiger charge is -2.26. The quantitative estimate of drug-likeness (QED) is 0.487. The molecule has 0 bridgehead atoms. The van der Waals surface area contributed by atoms with Crippen LogP contribution in [0.4, 0.5) is 11.4 Å². The molecule has 6 nitrogen and oxygen atoms in total. The van der Waals surface area contributed by atoms with Crippen LogP contribution in [0.15, 0.2) is 77.7 Å². The van der Waals surface area contributed by atoms with Crippen molar-refractivity contribution in [3.05, 3.63) is 88.9 Å². The Morgan fingerprint density at radius 2 is 1.61 bits per heavy atom. The Kier molecular flexibility index (Phi) is 8.00. The molecule has 3 aromatic rings. The van der Waals surface area contributed by atoms with Crippen molar-refractivity contribution in [1.82, 2.24) is 5.32 Å². The molecule has 1 N–H and O–H groups in total. The molecule has 3 aromatic carbocycles. The SMILES string of the molecule is Cc1ccc(S(=O)(=O)N(CC(=O)NCCN(C)c2ccccc2)c2cccc(Cl)c2C)cc1. The van der Waals surface area contributed by atoms with Gasteiger partial charge in [0.05, 0.1) is 10.6 Å². The minimum absolute atomic E-state index is 0.115. The van der Waals surface area contributed by atoms with E-state index in [1.165, 1.54) is 0 Å². The van der Waals surface area contributed by atoms with Crippen molar-refractivity contribution in [2.75, 3.05) is 35.9 Å². The van der Waals surface area contributed by atoms with Gasteiger partial charge in [-0.15, -0.1) is 0 Å². The Bertz CT molecular complexity index is 1200. The first-order chi connectivity index (χ1) is 15.7. The van der Waals surface area contributed by atoms with Gasteiger partial charge in [0.25, 0.3) is 10.0 Å². The molecule has 1 amide bonds. The predicted molar refractivity (Wildman–Crippen MR) is 135 cm³/mol. The van der Waals surface area contributed by atoms with E-state index in [9.17, 15) is 13.2 Å². The predicted octanol–water partition coefficient (Wildman–Crippen LogP) is 4.40. The number of carbonyl (C=O) groups is 1. The van der Waals surface area contributed by atoms with Gasteiger partial charge >= 0.3 is 0 Å². The highest BCUT2D eigenvalue weighted by Gasteiger charge is 2.28. The van der Waals surface area contributed by atoms with Crippen LogP contribution in [0, 0.1) is 13.8 Å². The largest absolute Gasteiger partial charge is 0.373 e. The number of aryl methyl sites for hydroxylation is 1. The van der Waals surface area contributed by atoms with E-state index in [4.69, 9.17) is 11.6 Å².